The van der Waals surface area contributed by atoms with Crippen LogP contribution in [0.25, 0.3) is 0 Å². The first-order chi connectivity index (χ1) is 10.2. The van der Waals surface area contributed by atoms with Crippen molar-refractivity contribution in [2.45, 2.75) is 38.8 Å². The fourth-order valence-electron chi connectivity index (χ4n) is 2.66. The molecule has 5 heteroatoms. The third kappa shape index (κ3) is 4.79. The maximum absolute atomic E-state index is 12.2. The smallest absolute Gasteiger partial charge is 0.239 e. The zero-order chi connectivity index (χ0) is 15.1. The predicted octanol–water partition coefficient (Wildman–Crippen LogP) is 1.24. The summed E-state index contributed by atoms with van der Waals surface area (Å²) in [4.78, 5) is 20.7. The van der Waals surface area contributed by atoms with Crippen LogP contribution in [0, 0.1) is 0 Å². The summed E-state index contributed by atoms with van der Waals surface area (Å²) in [5.41, 5.74) is 7.20. The number of nitrogens with zero attached hydrogens (tertiary/aromatic N) is 3. The number of hydrogen-bond donors (Lipinski definition) is 1. The number of rotatable bonds is 6. The summed E-state index contributed by atoms with van der Waals surface area (Å²) in [6.45, 7) is 6.38. The van der Waals surface area contributed by atoms with E-state index in [1.165, 1.54) is 5.56 Å². The first kappa shape index (κ1) is 15.9. The van der Waals surface area contributed by atoms with E-state index in [9.17, 15) is 4.79 Å². The molecule has 0 saturated carbocycles. The van der Waals surface area contributed by atoms with Crippen molar-refractivity contribution in [1.29, 1.82) is 0 Å². The number of piperazine rings is 1. The van der Waals surface area contributed by atoms with Crippen molar-refractivity contribution in [3.63, 3.8) is 0 Å². The fourth-order valence-corrected chi connectivity index (χ4v) is 2.66. The van der Waals surface area contributed by atoms with E-state index >= 15 is 0 Å². The van der Waals surface area contributed by atoms with Crippen LogP contribution in [0.15, 0.2) is 24.5 Å². The zero-order valence-corrected chi connectivity index (χ0v) is 12.9. The number of aromatic nitrogens is 1. The molecule has 2 heterocycles. The maximum atomic E-state index is 12.2. The number of pyridine rings is 1. The summed E-state index contributed by atoms with van der Waals surface area (Å²) >= 11 is 0. The highest BCUT2D eigenvalue weighted by Crippen LogP contribution is 2.10. The van der Waals surface area contributed by atoms with Crippen LogP contribution in [-0.4, -0.2) is 52.9 Å². The van der Waals surface area contributed by atoms with Crippen LogP contribution < -0.4 is 5.73 Å². The number of carbonyl (C=O) groups is 1. The Morgan fingerprint density at radius 1 is 1.38 bits per heavy atom. The Morgan fingerprint density at radius 3 is 2.76 bits per heavy atom. The van der Waals surface area contributed by atoms with Crippen LogP contribution in [-0.2, 0) is 11.3 Å². The molecule has 2 N–H and O–H groups in total. The highest BCUT2D eigenvalue weighted by Gasteiger charge is 2.24. The van der Waals surface area contributed by atoms with Gasteiger partial charge < -0.3 is 10.6 Å². The van der Waals surface area contributed by atoms with Gasteiger partial charge in [-0.1, -0.05) is 25.8 Å². The molecule has 0 unspecified atom stereocenters. The molecule has 21 heavy (non-hydrogen) atoms. The average Bonchev–Trinajstić information content (AvgIpc) is 2.53. The van der Waals surface area contributed by atoms with Crippen LogP contribution in [0.5, 0.6) is 0 Å². The van der Waals surface area contributed by atoms with E-state index in [1.54, 1.807) is 6.20 Å². The highest BCUT2D eigenvalue weighted by molar-refractivity contribution is 5.81. The van der Waals surface area contributed by atoms with Gasteiger partial charge in [-0.2, -0.15) is 0 Å². The van der Waals surface area contributed by atoms with Gasteiger partial charge in [-0.25, -0.2) is 0 Å². The van der Waals surface area contributed by atoms with Gasteiger partial charge in [-0.15, -0.1) is 0 Å². The van der Waals surface area contributed by atoms with Gasteiger partial charge in [0.2, 0.25) is 5.91 Å². The minimum Gasteiger partial charge on any atom is -0.339 e. The molecule has 1 atom stereocenters. The molecule has 1 fully saturated rings. The van der Waals surface area contributed by atoms with Gasteiger partial charge >= 0.3 is 0 Å². The van der Waals surface area contributed by atoms with Gasteiger partial charge in [0, 0.05) is 45.1 Å². The molecule has 0 bridgehead atoms. The zero-order valence-electron chi connectivity index (χ0n) is 12.9. The monoisotopic (exact) mass is 290 g/mol. The van der Waals surface area contributed by atoms with Crippen molar-refractivity contribution < 1.29 is 4.79 Å². The van der Waals surface area contributed by atoms with Crippen LogP contribution in [0.1, 0.15) is 31.7 Å². The van der Waals surface area contributed by atoms with Gasteiger partial charge in [0.1, 0.15) is 0 Å². The lowest BCUT2D eigenvalue weighted by Crippen LogP contribution is -2.52. The van der Waals surface area contributed by atoms with E-state index in [0.29, 0.717) is 0 Å². The molecule has 0 aromatic carbocycles. The summed E-state index contributed by atoms with van der Waals surface area (Å²) < 4.78 is 0. The molecule has 5 nitrogen and oxygen atoms in total. The third-order valence-corrected chi connectivity index (χ3v) is 4.00. The van der Waals surface area contributed by atoms with Gasteiger partial charge in [0.05, 0.1) is 6.04 Å². The van der Waals surface area contributed by atoms with E-state index < -0.39 is 0 Å². The van der Waals surface area contributed by atoms with Gasteiger partial charge in [-0.05, 0) is 18.1 Å². The van der Waals surface area contributed by atoms with Gasteiger partial charge in [-0.3, -0.25) is 14.7 Å². The quantitative estimate of drug-likeness (QED) is 0.856. The van der Waals surface area contributed by atoms with E-state index in [1.807, 2.05) is 17.2 Å². The van der Waals surface area contributed by atoms with Gasteiger partial charge in [0.25, 0.3) is 0 Å². The lowest BCUT2D eigenvalue weighted by molar-refractivity contribution is -0.134. The molecular formula is C16H26N4O. The molecule has 1 amide bonds. The molecule has 1 aliphatic heterocycles. The number of carbonyl (C=O) groups excluding carboxylic acids is 1. The largest absolute Gasteiger partial charge is 0.339 e. The van der Waals surface area contributed by atoms with Crippen molar-refractivity contribution in [2.75, 3.05) is 26.2 Å². The molecule has 1 aromatic rings. The fraction of sp³-hybridized carbons (Fsp3) is 0.625. The summed E-state index contributed by atoms with van der Waals surface area (Å²) in [6, 6.07) is 3.72. The van der Waals surface area contributed by atoms with E-state index in [2.05, 4.69) is 22.9 Å². The Kier molecular flexibility index (Phi) is 6.14. The topological polar surface area (TPSA) is 62.5 Å². The van der Waals surface area contributed by atoms with Gasteiger partial charge in [0.15, 0.2) is 0 Å². The molecule has 2 rings (SSSR count). The molecule has 1 aromatic heterocycles. The molecule has 0 radical (unpaired) electrons. The first-order valence-electron chi connectivity index (χ1n) is 7.86. The van der Waals surface area contributed by atoms with E-state index in [0.717, 1.165) is 52.0 Å². The Bertz CT molecular complexity index is 429. The first-order valence-corrected chi connectivity index (χ1v) is 7.86. The predicted molar refractivity (Wildman–Crippen MR) is 83.6 cm³/mol. The lowest BCUT2D eigenvalue weighted by Gasteiger charge is -2.35. The SMILES string of the molecule is CCCC[C@H](N)C(=O)N1CCN(Cc2cccnc2)CC1. The molecular weight excluding hydrogens is 264 g/mol. The normalized spacial score (nSPS) is 17.7. The van der Waals surface area contributed by atoms with Crippen molar-refractivity contribution in [2.24, 2.45) is 5.73 Å². The maximum Gasteiger partial charge on any atom is 0.239 e. The second-order valence-corrected chi connectivity index (χ2v) is 5.71. The minimum atomic E-state index is -0.324. The number of unbranched alkanes of at least 4 members (excludes halogenated alkanes) is 1. The summed E-state index contributed by atoms with van der Waals surface area (Å²) in [6.07, 6.45) is 6.59. The Hall–Kier alpha value is -1.46. The summed E-state index contributed by atoms with van der Waals surface area (Å²) in [7, 11) is 0. The lowest BCUT2D eigenvalue weighted by atomic mass is 10.1. The summed E-state index contributed by atoms with van der Waals surface area (Å²) in [5.74, 6) is 0.115. The second kappa shape index (κ2) is 8.10. The van der Waals surface area contributed by atoms with E-state index in [-0.39, 0.29) is 11.9 Å². The second-order valence-electron chi connectivity index (χ2n) is 5.71. The molecule has 116 valence electrons. The Morgan fingerprint density at radius 2 is 2.14 bits per heavy atom. The van der Waals surface area contributed by atoms with Crippen molar-refractivity contribution in [3.8, 4) is 0 Å². The van der Waals surface area contributed by atoms with Crippen LogP contribution >= 0.6 is 0 Å². The number of nitrogens with two attached hydrogens (primary N) is 1. The Balaban J connectivity index is 1.76. The minimum absolute atomic E-state index is 0.115. The number of hydrogen-bond acceptors (Lipinski definition) is 4. The standard InChI is InChI=1S/C16H26N4O/c1-2-3-6-15(17)16(21)20-10-8-19(9-11-20)13-14-5-4-7-18-12-14/h4-5,7,12,15H,2-3,6,8-11,13,17H2,1H3/t15-/m0/s1. The third-order valence-electron chi connectivity index (χ3n) is 4.00. The Labute approximate surface area is 127 Å². The van der Waals surface area contributed by atoms with Crippen molar-refractivity contribution >= 4 is 5.91 Å². The molecule has 1 aliphatic rings. The van der Waals surface area contributed by atoms with Crippen molar-refractivity contribution in [3.05, 3.63) is 30.1 Å². The van der Waals surface area contributed by atoms with E-state index in [4.69, 9.17) is 5.73 Å². The van der Waals surface area contributed by atoms with Crippen LogP contribution in [0.3, 0.4) is 0 Å². The highest BCUT2D eigenvalue weighted by atomic mass is 16.2. The number of amides is 1. The van der Waals surface area contributed by atoms with Crippen molar-refractivity contribution in [1.82, 2.24) is 14.8 Å². The molecule has 0 aliphatic carbocycles. The summed E-state index contributed by atoms with van der Waals surface area (Å²) in [5, 5.41) is 0. The molecule has 1 saturated heterocycles. The van der Waals surface area contributed by atoms with Crippen LogP contribution in [0.2, 0.25) is 0 Å². The molecule has 0 spiro atoms. The average molecular weight is 290 g/mol. The van der Waals surface area contributed by atoms with Crippen LogP contribution in [0.4, 0.5) is 0 Å².